The second-order valence-electron chi connectivity index (χ2n) is 8.35. The molecule has 0 spiro atoms. The lowest BCUT2D eigenvalue weighted by molar-refractivity contribution is -0.118. The molecule has 0 saturated heterocycles. The van der Waals surface area contributed by atoms with Crippen molar-refractivity contribution in [3.8, 4) is 6.07 Å². The van der Waals surface area contributed by atoms with E-state index >= 15 is 0 Å². The zero-order chi connectivity index (χ0) is 20.8. The molecule has 0 amide bonds. The van der Waals surface area contributed by atoms with E-state index in [4.69, 9.17) is 23.2 Å². The van der Waals surface area contributed by atoms with Crippen LogP contribution in [0.3, 0.4) is 0 Å². The van der Waals surface area contributed by atoms with E-state index < -0.39 is 5.92 Å². The lowest BCUT2D eigenvalue weighted by atomic mass is 9.68. The lowest BCUT2D eigenvalue weighted by Crippen LogP contribution is -2.37. The first-order valence-corrected chi connectivity index (χ1v) is 10.2. The number of halogens is 2. The molecule has 4 rings (SSSR count). The molecule has 2 aromatic rings. The number of nitrogens with zero attached hydrogens (tertiary/aromatic N) is 1. The van der Waals surface area contributed by atoms with Crippen molar-refractivity contribution in [1.82, 2.24) is 5.32 Å². The van der Waals surface area contributed by atoms with Crippen LogP contribution in [0.15, 0.2) is 65.4 Å². The van der Waals surface area contributed by atoms with Gasteiger partial charge in [-0.3, -0.25) is 4.79 Å². The molecule has 0 aromatic heterocycles. The Labute approximate surface area is 180 Å². The fourth-order valence-corrected chi connectivity index (χ4v) is 4.60. The van der Waals surface area contributed by atoms with E-state index in [0.29, 0.717) is 27.6 Å². The van der Waals surface area contributed by atoms with Crippen LogP contribution in [0.4, 0.5) is 0 Å². The third-order valence-corrected chi connectivity index (χ3v) is 5.96. The van der Waals surface area contributed by atoms with E-state index in [1.165, 1.54) is 0 Å². The fraction of sp³-hybridized carbons (Fsp3) is 0.250. The van der Waals surface area contributed by atoms with Crippen molar-refractivity contribution in [3.05, 3.63) is 86.5 Å². The van der Waals surface area contributed by atoms with Gasteiger partial charge in [-0.2, -0.15) is 5.26 Å². The number of nitrogens with one attached hydrogen (secondary N) is 1. The van der Waals surface area contributed by atoms with Crippen LogP contribution >= 0.6 is 23.2 Å². The van der Waals surface area contributed by atoms with Gasteiger partial charge in [0, 0.05) is 27.7 Å². The van der Waals surface area contributed by atoms with E-state index in [1.54, 1.807) is 18.2 Å². The summed E-state index contributed by atoms with van der Waals surface area (Å²) in [6, 6.07) is 17.2. The summed E-state index contributed by atoms with van der Waals surface area (Å²) in [5.41, 5.74) is 4.38. The zero-order valence-corrected chi connectivity index (χ0v) is 17.7. The molecule has 0 saturated carbocycles. The van der Waals surface area contributed by atoms with Crippen LogP contribution in [0.1, 0.15) is 43.7 Å². The quantitative estimate of drug-likeness (QED) is 0.621. The molecule has 1 unspecified atom stereocenters. The number of allylic oxidation sites excluding steroid dienone is 3. The first-order chi connectivity index (χ1) is 13.8. The Balaban J connectivity index is 1.96. The summed E-state index contributed by atoms with van der Waals surface area (Å²) in [5.74, 6) is -0.360. The average molecular weight is 423 g/mol. The minimum absolute atomic E-state index is 0.0802. The highest BCUT2D eigenvalue weighted by Gasteiger charge is 2.42. The topological polar surface area (TPSA) is 52.9 Å². The zero-order valence-electron chi connectivity index (χ0n) is 16.2. The van der Waals surface area contributed by atoms with E-state index in [2.05, 4.69) is 25.2 Å². The van der Waals surface area contributed by atoms with Gasteiger partial charge in [0.05, 0.1) is 23.3 Å². The Bertz CT molecular complexity index is 1100. The standard InChI is InChI=1S/C24H20Cl2N2O/c1-24(2)11-19-22(20(29)12-24)21(15-4-3-5-17(26)10-15)18(13-27)23(28-19)14-6-8-16(25)9-7-14/h3-10,21,28H,11-12H2,1-2H3. The molecule has 1 aliphatic carbocycles. The van der Waals surface area contributed by atoms with Crippen LogP contribution in [0.25, 0.3) is 5.70 Å². The van der Waals surface area contributed by atoms with Gasteiger partial charge in [0.2, 0.25) is 0 Å². The first-order valence-electron chi connectivity index (χ1n) is 9.48. The maximum Gasteiger partial charge on any atom is 0.162 e. The molecule has 2 aliphatic rings. The van der Waals surface area contributed by atoms with Crippen LogP contribution in [0.2, 0.25) is 10.0 Å². The Morgan fingerprint density at radius 2 is 1.79 bits per heavy atom. The number of carbonyl (C=O) groups is 1. The highest BCUT2D eigenvalue weighted by molar-refractivity contribution is 6.31. The van der Waals surface area contributed by atoms with Gasteiger partial charge in [-0.25, -0.2) is 0 Å². The molecule has 5 heteroatoms. The minimum Gasteiger partial charge on any atom is -0.357 e. The molecular weight excluding hydrogens is 403 g/mol. The van der Waals surface area contributed by atoms with Gasteiger partial charge < -0.3 is 5.32 Å². The maximum atomic E-state index is 13.2. The normalized spacial score (nSPS) is 20.8. The Hall–Kier alpha value is -2.54. The molecular formula is C24H20Cl2N2O. The van der Waals surface area contributed by atoms with Gasteiger partial charge in [0.15, 0.2) is 5.78 Å². The summed E-state index contributed by atoms with van der Waals surface area (Å²) in [4.78, 5) is 13.2. The summed E-state index contributed by atoms with van der Waals surface area (Å²) in [6.45, 7) is 4.19. The summed E-state index contributed by atoms with van der Waals surface area (Å²) >= 11 is 12.3. The number of benzene rings is 2. The van der Waals surface area contributed by atoms with Gasteiger partial charge in [0.25, 0.3) is 0 Å². The van der Waals surface area contributed by atoms with Crippen molar-refractivity contribution in [2.75, 3.05) is 0 Å². The number of rotatable bonds is 2. The summed E-state index contributed by atoms with van der Waals surface area (Å²) in [7, 11) is 0. The lowest BCUT2D eigenvalue weighted by Gasteiger charge is -2.39. The SMILES string of the molecule is CC1(C)CC(=O)C2=C(C1)NC(c1ccc(Cl)cc1)=C(C#N)C2c1cccc(Cl)c1. The average Bonchev–Trinajstić information content (AvgIpc) is 2.66. The van der Waals surface area contributed by atoms with E-state index in [0.717, 1.165) is 28.9 Å². The highest BCUT2D eigenvalue weighted by Crippen LogP contribution is 2.48. The molecule has 0 radical (unpaired) electrons. The molecule has 2 aromatic carbocycles. The monoisotopic (exact) mass is 422 g/mol. The predicted octanol–water partition coefficient (Wildman–Crippen LogP) is 6.26. The van der Waals surface area contributed by atoms with Crippen molar-refractivity contribution in [1.29, 1.82) is 5.26 Å². The number of ketones is 1. The molecule has 0 fully saturated rings. The van der Waals surface area contributed by atoms with Gasteiger partial charge in [0.1, 0.15) is 0 Å². The second-order valence-corrected chi connectivity index (χ2v) is 9.23. The van der Waals surface area contributed by atoms with Crippen LogP contribution in [-0.4, -0.2) is 5.78 Å². The number of dihydropyridines is 1. The van der Waals surface area contributed by atoms with Gasteiger partial charge >= 0.3 is 0 Å². The Kier molecular flexibility index (Phi) is 5.02. The summed E-state index contributed by atoms with van der Waals surface area (Å²) in [6.07, 6.45) is 1.19. The third-order valence-electron chi connectivity index (χ3n) is 5.48. The third kappa shape index (κ3) is 3.71. The van der Waals surface area contributed by atoms with Gasteiger partial charge in [-0.1, -0.05) is 61.3 Å². The first kappa shape index (κ1) is 19.8. The number of hydrogen-bond acceptors (Lipinski definition) is 3. The summed E-state index contributed by atoms with van der Waals surface area (Å²) < 4.78 is 0. The van der Waals surface area contributed by atoms with Crippen molar-refractivity contribution >= 4 is 34.7 Å². The van der Waals surface area contributed by atoms with E-state index in [9.17, 15) is 10.1 Å². The van der Waals surface area contributed by atoms with Crippen molar-refractivity contribution < 1.29 is 4.79 Å². The minimum atomic E-state index is -0.441. The van der Waals surface area contributed by atoms with Crippen molar-refractivity contribution in [2.45, 2.75) is 32.6 Å². The number of carbonyl (C=O) groups excluding carboxylic acids is 1. The number of nitriles is 1. The van der Waals surface area contributed by atoms with E-state index in [1.807, 2.05) is 30.3 Å². The maximum absolute atomic E-state index is 13.2. The van der Waals surface area contributed by atoms with Crippen LogP contribution in [-0.2, 0) is 4.79 Å². The molecule has 1 atom stereocenters. The Morgan fingerprint density at radius 3 is 2.45 bits per heavy atom. The van der Waals surface area contributed by atoms with Crippen LogP contribution in [0, 0.1) is 16.7 Å². The van der Waals surface area contributed by atoms with Gasteiger partial charge in [-0.05, 0) is 47.2 Å². The molecule has 0 bridgehead atoms. The van der Waals surface area contributed by atoms with Crippen molar-refractivity contribution in [2.24, 2.45) is 5.41 Å². The molecule has 1 aliphatic heterocycles. The smallest absolute Gasteiger partial charge is 0.162 e. The molecule has 1 heterocycles. The molecule has 3 nitrogen and oxygen atoms in total. The molecule has 146 valence electrons. The second kappa shape index (κ2) is 7.37. The molecule has 1 N–H and O–H groups in total. The van der Waals surface area contributed by atoms with Crippen LogP contribution in [0.5, 0.6) is 0 Å². The van der Waals surface area contributed by atoms with Crippen LogP contribution < -0.4 is 5.32 Å². The van der Waals surface area contributed by atoms with Gasteiger partial charge in [-0.15, -0.1) is 0 Å². The van der Waals surface area contributed by atoms with E-state index in [-0.39, 0.29) is 11.2 Å². The van der Waals surface area contributed by atoms with Crippen molar-refractivity contribution in [3.63, 3.8) is 0 Å². The number of Topliss-reactive ketones (excluding diaryl/α,β-unsaturated/α-hetero) is 1. The summed E-state index contributed by atoms with van der Waals surface area (Å²) in [5, 5.41) is 14.8. The largest absolute Gasteiger partial charge is 0.357 e. The predicted molar refractivity (Wildman–Crippen MR) is 116 cm³/mol. The number of hydrogen-bond donors (Lipinski definition) is 1. The molecule has 29 heavy (non-hydrogen) atoms. The Morgan fingerprint density at radius 1 is 1.07 bits per heavy atom. The fourth-order valence-electron chi connectivity index (χ4n) is 4.27. The highest BCUT2D eigenvalue weighted by atomic mass is 35.5.